The Morgan fingerprint density at radius 2 is 2.17 bits per heavy atom. The van der Waals surface area contributed by atoms with Crippen LogP contribution in [0.5, 0.6) is 0 Å². The average Bonchev–Trinajstić information content (AvgIpc) is 3.46. The number of nitrogens with one attached hydrogen (secondary N) is 1. The van der Waals surface area contributed by atoms with Gasteiger partial charge >= 0.3 is 0 Å². The molecule has 0 spiro atoms. The largest absolute Gasteiger partial charge is 0.383 e. The molecule has 4 rings (SSSR count). The molecule has 4 aromatic rings. The van der Waals surface area contributed by atoms with Gasteiger partial charge in [0, 0.05) is 22.7 Å². The van der Waals surface area contributed by atoms with E-state index in [9.17, 15) is 0 Å². The Morgan fingerprint density at radius 3 is 2.86 bits per heavy atom. The summed E-state index contributed by atoms with van der Waals surface area (Å²) in [7, 11) is 0. The summed E-state index contributed by atoms with van der Waals surface area (Å²) in [6.07, 6.45) is 7.58. The van der Waals surface area contributed by atoms with Gasteiger partial charge < -0.3 is 5.73 Å². The minimum atomic E-state index is 0.0928. The van der Waals surface area contributed by atoms with E-state index in [0.29, 0.717) is 0 Å². The molecule has 9 heteroatoms. The number of rotatable bonds is 7. The van der Waals surface area contributed by atoms with Gasteiger partial charge in [-0.1, -0.05) is 19.4 Å². The number of thiophene rings is 1. The zero-order valence-electron chi connectivity index (χ0n) is 16.0. The molecule has 0 radical (unpaired) electrons. The number of nitrogens with zero attached hydrogens (tertiary/aromatic N) is 4. The van der Waals surface area contributed by atoms with E-state index in [-0.39, 0.29) is 5.84 Å². The first-order chi connectivity index (χ1) is 14.1. The summed E-state index contributed by atoms with van der Waals surface area (Å²) in [6, 6.07) is 7.79. The standard InChI is InChI=1S/C20H20N6S3/c1-3-6-15-13(10-24-26(15)17-7-4-5-8-23-17)14-11-28-19(25-14)12-9-16(18(21)22)29-20(12)27-2/h4-5,7-11H,3,6H2,1-2H3,(H3,21,22). The molecule has 6 nitrogen and oxygen atoms in total. The molecule has 0 aliphatic rings. The van der Waals surface area contributed by atoms with Gasteiger partial charge in [-0.05, 0) is 30.9 Å². The number of amidine groups is 1. The van der Waals surface area contributed by atoms with Crippen molar-refractivity contribution in [2.24, 2.45) is 5.73 Å². The van der Waals surface area contributed by atoms with Crippen molar-refractivity contribution >= 4 is 40.3 Å². The summed E-state index contributed by atoms with van der Waals surface area (Å²) in [5.74, 6) is 0.904. The van der Waals surface area contributed by atoms with Gasteiger partial charge in [0.05, 0.1) is 26.7 Å². The van der Waals surface area contributed by atoms with E-state index in [4.69, 9.17) is 16.1 Å². The second kappa shape index (κ2) is 8.48. The van der Waals surface area contributed by atoms with Crippen LogP contribution in [0.4, 0.5) is 0 Å². The summed E-state index contributed by atoms with van der Waals surface area (Å²) in [6.45, 7) is 2.16. The van der Waals surface area contributed by atoms with Crippen LogP contribution < -0.4 is 5.73 Å². The monoisotopic (exact) mass is 440 g/mol. The highest BCUT2D eigenvalue weighted by Gasteiger charge is 2.19. The predicted molar refractivity (Wildman–Crippen MR) is 123 cm³/mol. The van der Waals surface area contributed by atoms with Crippen LogP contribution >= 0.6 is 34.4 Å². The smallest absolute Gasteiger partial charge is 0.153 e. The van der Waals surface area contributed by atoms with E-state index in [0.717, 1.165) is 55.3 Å². The van der Waals surface area contributed by atoms with Crippen molar-refractivity contribution in [3.05, 3.63) is 52.6 Å². The Labute approximate surface area is 181 Å². The van der Waals surface area contributed by atoms with Crippen LogP contribution in [-0.2, 0) is 6.42 Å². The minimum Gasteiger partial charge on any atom is -0.383 e. The van der Waals surface area contributed by atoms with Crippen LogP contribution in [-0.4, -0.2) is 31.8 Å². The van der Waals surface area contributed by atoms with Crippen LogP contribution in [0, 0.1) is 5.41 Å². The third-order valence-corrected chi connectivity index (χ3v) is 7.56. The normalized spacial score (nSPS) is 11.1. The van der Waals surface area contributed by atoms with E-state index < -0.39 is 0 Å². The summed E-state index contributed by atoms with van der Waals surface area (Å²) in [4.78, 5) is 10.1. The number of nitrogen functional groups attached to an aromatic ring is 1. The average molecular weight is 441 g/mol. The molecule has 29 heavy (non-hydrogen) atoms. The van der Waals surface area contributed by atoms with Crippen LogP contribution in [0.1, 0.15) is 23.9 Å². The van der Waals surface area contributed by atoms with Crippen molar-refractivity contribution in [3.63, 3.8) is 0 Å². The van der Waals surface area contributed by atoms with Crippen molar-refractivity contribution in [3.8, 4) is 27.6 Å². The third kappa shape index (κ3) is 3.85. The highest BCUT2D eigenvalue weighted by Crippen LogP contribution is 2.40. The second-order valence-corrected chi connectivity index (χ2v) is 9.31. The maximum absolute atomic E-state index is 7.73. The molecule has 0 amide bonds. The third-order valence-electron chi connectivity index (χ3n) is 4.38. The fraction of sp³-hybridized carbons (Fsp3) is 0.200. The first kappa shape index (κ1) is 19.8. The van der Waals surface area contributed by atoms with Crippen LogP contribution in [0.25, 0.3) is 27.6 Å². The Balaban J connectivity index is 1.76. The zero-order chi connectivity index (χ0) is 20.4. The fourth-order valence-corrected chi connectivity index (χ4v) is 5.77. The Hall–Kier alpha value is -2.49. The number of hydrogen-bond donors (Lipinski definition) is 2. The zero-order valence-corrected chi connectivity index (χ0v) is 18.5. The molecule has 4 aromatic heterocycles. The summed E-state index contributed by atoms with van der Waals surface area (Å²) in [5, 5.41) is 15.3. The summed E-state index contributed by atoms with van der Waals surface area (Å²) < 4.78 is 3.03. The first-order valence-corrected chi connectivity index (χ1v) is 12.0. The molecule has 0 bridgehead atoms. The van der Waals surface area contributed by atoms with E-state index in [1.165, 1.54) is 11.3 Å². The summed E-state index contributed by atoms with van der Waals surface area (Å²) >= 11 is 4.79. The maximum atomic E-state index is 7.73. The lowest BCUT2D eigenvalue weighted by molar-refractivity contribution is 0.758. The number of hydrogen-bond acceptors (Lipinski definition) is 7. The van der Waals surface area contributed by atoms with Gasteiger partial charge in [0.25, 0.3) is 0 Å². The molecule has 148 valence electrons. The lowest BCUT2D eigenvalue weighted by atomic mass is 10.1. The molecule has 3 N–H and O–H groups in total. The topological polar surface area (TPSA) is 93.5 Å². The van der Waals surface area contributed by atoms with Gasteiger partial charge in [-0.15, -0.1) is 34.4 Å². The maximum Gasteiger partial charge on any atom is 0.153 e. The number of nitrogens with two attached hydrogens (primary N) is 1. The van der Waals surface area contributed by atoms with Crippen molar-refractivity contribution in [1.29, 1.82) is 5.41 Å². The number of pyridine rings is 1. The van der Waals surface area contributed by atoms with Gasteiger partial charge in [-0.2, -0.15) is 5.10 Å². The molecule has 0 fully saturated rings. The minimum absolute atomic E-state index is 0.0928. The molecule has 4 heterocycles. The molecule has 0 unspecified atom stereocenters. The lowest BCUT2D eigenvalue weighted by Crippen LogP contribution is -2.08. The molecule has 0 aliphatic heterocycles. The summed E-state index contributed by atoms with van der Waals surface area (Å²) in [5.41, 5.74) is 9.79. The van der Waals surface area contributed by atoms with Gasteiger partial charge in [0.15, 0.2) is 5.82 Å². The Kier molecular flexibility index (Phi) is 5.79. The van der Waals surface area contributed by atoms with Crippen molar-refractivity contribution in [1.82, 2.24) is 19.7 Å². The quantitative estimate of drug-likeness (QED) is 0.237. The van der Waals surface area contributed by atoms with Crippen molar-refractivity contribution in [2.75, 3.05) is 6.26 Å². The second-order valence-electron chi connectivity index (χ2n) is 6.32. The Bertz CT molecular complexity index is 1140. The predicted octanol–water partition coefficient (Wildman–Crippen LogP) is 5.08. The first-order valence-electron chi connectivity index (χ1n) is 9.09. The highest BCUT2D eigenvalue weighted by molar-refractivity contribution is 8.00. The fourth-order valence-electron chi connectivity index (χ4n) is 3.07. The van der Waals surface area contributed by atoms with E-state index in [1.807, 2.05) is 41.4 Å². The molecule has 0 aromatic carbocycles. The van der Waals surface area contributed by atoms with Crippen molar-refractivity contribution in [2.45, 2.75) is 24.0 Å². The Morgan fingerprint density at radius 1 is 1.31 bits per heavy atom. The van der Waals surface area contributed by atoms with E-state index in [2.05, 4.69) is 22.4 Å². The lowest BCUT2D eigenvalue weighted by Gasteiger charge is -2.07. The highest BCUT2D eigenvalue weighted by atomic mass is 32.2. The van der Waals surface area contributed by atoms with Gasteiger partial charge in [-0.25, -0.2) is 14.6 Å². The molecule has 0 saturated heterocycles. The van der Waals surface area contributed by atoms with E-state index >= 15 is 0 Å². The van der Waals surface area contributed by atoms with Gasteiger partial charge in [0.1, 0.15) is 10.8 Å². The number of thioether (sulfide) groups is 1. The molecular formula is C20H20N6S3. The van der Waals surface area contributed by atoms with Crippen molar-refractivity contribution < 1.29 is 0 Å². The molecule has 0 atom stereocenters. The van der Waals surface area contributed by atoms with Crippen LogP contribution in [0.3, 0.4) is 0 Å². The number of thiazole rings is 1. The molecule has 0 aliphatic carbocycles. The molecule has 0 saturated carbocycles. The van der Waals surface area contributed by atoms with Crippen LogP contribution in [0.2, 0.25) is 0 Å². The SMILES string of the molecule is CCCc1c(-c2csc(-c3cc(C(=N)N)sc3SC)n2)cnn1-c1ccccn1. The molecular weight excluding hydrogens is 420 g/mol. The van der Waals surface area contributed by atoms with Gasteiger partial charge in [-0.3, -0.25) is 5.41 Å². The van der Waals surface area contributed by atoms with E-state index in [1.54, 1.807) is 29.3 Å². The van der Waals surface area contributed by atoms with Gasteiger partial charge in [0.2, 0.25) is 0 Å². The number of aromatic nitrogens is 4. The van der Waals surface area contributed by atoms with Crippen LogP contribution in [0.15, 0.2) is 46.2 Å².